The molecule has 1 aromatic carbocycles. The van der Waals surface area contributed by atoms with E-state index in [2.05, 4.69) is 0 Å². The number of rotatable bonds is 4. The molecule has 0 bridgehead atoms. The largest absolute Gasteiger partial charge is 0.388 e. The van der Waals surface area contributed by atoms with Gasteiger partial charge >= 0.3 is 0 Å². The number of amides is 1. The maximum absolute atomic E-state index is 12.0. The fourth-order valence-electron chi connectivity index (χ4n) is 2.70. The standard InChI is InChI=1S/C15H22N2O2/c1-11(16)15(19)17-9-5-8-13(17)10-14(18)12-6-3-2-4-7-12/h2-4,6-7,11,13-14,18H,5,8-10,16H2,1H3/t11-,13?,14?/m0/s1. The van der Waals surface area contributed by atoms with Gasteiger partial charge in [0, 0.05) is 12.6 Å². The zero-order valence-corrected chi connectivity index (χ0v) is 11.3. The van der Waals surface area contributed by atoms with Gasteiger partial charge in [-0.1, -0.05) is 30.3 Å². The third kappa shape index (κ3) is 3.33. The molecule has 0 saturated carbocycles. The quantitative estimate of drug-likeness (QED) is 0.863. The van der Waals surface area contributed by atoms with Crippen LogP contribution in [0.3, 0.4) is 0 Å². The van der Waals surface area contributed by atoms with E-state index in [1.807, 2.05) is 35.2 Å². The van der Waals surface area contributed by atoms with E-state index in [1.165, 1.54) is 0 Å². The van der Waals surface area contributed by atoms with Crippen LogP contribution in [0.25, 0.3) is 0 Å². The van der Waals surface area contributed by atoms with Crippen LogP contribution in [0.15, 0.2) is 30.3 Å². The van der Waals surface area contributed by atoms with Gasteiger partial charge in [0.15, 0.2) is 0 Å². The van der Waals surface area contributed by atoms with E-state index in [0.29, 0.717) is 6.42 Å². The highest BCUT2D eigenvalue weighted by Gasteiger charge is 2.31. The summed E-state index contributed by atoms with van der Waals surface area (Å²) in [6.07, 6.45) is 2.00. The van der Waals surface area contributed by atoms with Gasteiger partial charge in [-0.05, 0) is 31.7 Å². The second-order valence-electron chi connectivity index (χ2n) is 5.28. The Labute approximate surface area is 114 Å². The fourth-order valence-corrected chi connectivity index (χ4v) is 2.70. The van der Waals surface area contributed by atoms with E-state index in [-0.39, 0.29) is 11.9 Å². The molecule has 1 amide bonds. The molecule has 1 aliphatic rings. The average Bonchev–Trinajstić information content (AvgIpc) is 2.86. The van der Waals surface area contributed by atoms with Gasteiger partial charge < -0.3 is 15.7 Å². The summed E-state index contributed by atoms with van der Waals surface area (Å²) < 4.78 is 0. The normalized spacial score (nSPS) is 22.3. The minimum absolute atomic E-state index is 0.0113. The van der Waals surface area contributed by atoms with Crippen molar-refractivity contribution in [3.63, 3.8) is 0 Å². The minimum atomic E-state index is -0.521. The molecule has 3 N–H and O–H groups in total. The molecule has 104 valence electrons. The molecular formula is C15H22N2O2. The molecule has 1 aliphatic heterocycles. The van der Waals surface area contributed by atoms with Gasteiger partial charge in [0.05, 0.1) is 12.1 Å². The van der Waals surface area contributed by atoms with Crippen molar-refractivity contribution in [2.75, 3.05) is 6.54 Å². The molecule has 4 heteroatoms. The van der Waals surface area contributed by atoms with Crippen molar-refractivity contribution in [3.8, 4) is 0 Å². The number of carbonyl (C=O) groups is 1. The number of likely N-dealkylation sites (tertiary alicyclic amines) is 1. The van der Waals surface area contributed by atoms with Crippen molar-refractivity contribution in [3.05, 3.63) is 35.9 Å². The van der Waals surface area contributed by atoms with Crippen molar-refractivity contribution in [1.82, 2.24) is 4.90 Å². The molecule has 4 nitrogen and oxygen atoms in total. The van der Waals surface area contributed by atoms with Crippen LogP contribution in [0.4, 0.5) is 0 Å². The fraction of sp³-hybridized carbons (Fsp3) is 0.533. The van der Waals surface area contributed by atoms with E-state index in [1.54, 1.807) is 6.92 Å². The van der Waals surface area contributed by atoms with Crippen molar-refractivity contribution in [1.29, 1.82) is 0 Å². The summed E-state index contributed by atoms with van der Waals surface area (Å²) in [7, 11) is 0. The van der Waals surface area contributed by atoms with E-state index in [9.17, 15) is 9.90 Å². The van der Waals surface area contributed by atoms with Crippen LogP contribution in [0, 0.1) is 0 Å². The maximum Gasteiger partial charge on any atom is 0.239 e. The molecule has 1 fully saturated rings. The monoisotopic (exact) mass is 262 g/mol. The van der Waals surface area contributed by atoms with Crippen LogP contribution in [0.5, 0.6) is 0 Å². The Morgan fingerprint density at radius 1 is 1.47 bits per heavy atom. The molecular weight excluding hydrogens is 240 g/mol. The van der Waals surface area contributed by atoms with Gasteiger partial charge in [0.1, 0.15) is 0 Å². The predicted octanol–water partition coefficient (Wildman–Crippen LogP) is 1.45. The van der Waals surface area contributed by atoms with E-state index >= 15 is 0 Å². The van der Waals surface area contributed by atoms with Crippen LogP contribution in [0.2, 0.25) is 0 Å². The molecule has 2 rings (SSSR count). The summed E-state index contributed by atoms with van der Waals surface area (Å²) in [5, 5.41) is 10.2. The summed E-state index contributed by atoms with van der Waals surface area (Å²) in [6.45, 7) is 2.47. The van der Waals surface area contributed by atoms with Gasteiger partial charge in [-0.25, -0.2) is 0 Å². The molecule has 2 unspecified atom stereocenters. The highest BCUT2D eigenvalue weighted by Crippen LogP contribution is 2.27. The third-order valence-corrected chi connectivity index (χ3v) is 3.73. The number of nitrogens with two attached hydrogens (primary N) is 1. The topological polar surface area (TPSA) is 66.6 Å². The molecule has 19 heavy (non-hydrogen) atoms. The molecule has 0 spiro atoms. The molecule has 0 aromatic heterocycles. The van der Waals surface area contributed by atoms with Crippen molar-refractivity contribution in [2.45, 2.75) is 44.4 Å². The number of hydrogen-bond donors (Lipinski definition) is 2. The number of nitrogens with zero attached hydrogens (tertiary/aromatic N) is 1. The first-order valence-corrected chi connectivity index (χ1v) is 6.88. The summed E-state index contributed by atoms with van der Waals surface area (Å²) in [5.74, 6) is -0.0113. The molecule has 0 aliphatic carbocycles. The van der Waals surface area contributed by atoms with Crippen LogP contribution < -0.4 is 5.73 Å². The molecule has 1 aromatic rings. The summed E-state index contributed by atoms with van der Waals surface area (Å²) in [4.78, 5) is 13.8. The van der Waals surface area contributed by atoms with Crippen LogP contribution in [-0.2, 0) is 4.79 Å². The number of aliphatic hydroxyl groups excluding tert-OH is 1. The lowest BCUT2D eigenvalue weighted by molar-refractivity contribution is -0.133. The van der Waals surface area contributed by atoms with Gasteiger partial charge in [-0.15, -0.1) is 0 Å². The number of benzene rings is 1. The van der Waals surface area contributed by atoms with Crippen LogP contribution in [-0.4, -0.2) is 34.5 Å². The molecule has 1 heterocycles. The van der Waals surface area contributed by atoms with Crippen LogP contribution >= 0.6 is 0 Å². The predicted molar refractivity (Wildman–Crippen MR) is 74.4 cm³/mol. The molecule has 3 atom stereocenters. The Morgan fingerprint density at radius 2 is 2.16 bits per heavy atom. The van der Waals surface area contributed by atoms with Crippen molar-refractivity contribution >= 4 is 5.91 Å². The van der Waals surface area contributed by atoms with Gasteiger partial charge in [0.2, 0.25) is 5.91 Å². The summed E-state index contributed by atoms with van der Waals surface area (Å²) in [5.41, 5.74) is 6.57. The van der Waals surface area contributed by atoms with Gasteiger partial charge in [0.25, 0.3) is 0 Å². The first-order chi connectivity index (χ1) is 9.09. The molecule has 1 saturated heterocycles. The van der Waals surface area contributed by atoms with Gasteiger partial charge in [-0.3, -0.25) is 4.79 Å². The number of aliphatic hydroxyl groups is 1. The summed E-state index contributed by atoms with van der Waals surface area (Å²) in [6, 6.07) is 9.23. The Morgan fingerprint density at radius 3 is 2.79 bits per heavy atom. The van der Waals surface area contributed by atoms with E-state index < -0.39 is 12.1 Å². The second-order valence-corrected chi connectivity index (χ2v) is 5.28. The zero-order valence-electron chi connectivity index (χ0n) is 11.3. The Balaban J connectivity index is 2.00. The lowest BCUT2D eigenvalue weighted by atomic mass is 10.0. The average molecular weight is 262 g/mol. The number of hydrogen-bond acceptors (Lipinski definition) is 3. The second kappa shape index (κ2) is 6.17. The lowest BCUT2D eigenvalue weighted by Crippen LogP contribution is -2.44. The van der Waals surface area contributed by atoms with Crippen molar-refractivity contribution < 1.29 is 9.90 Å². The lowest BCUT2D eigenvalue weighted by Gasteiger charge is -2.28. The highest BCUT2D eigenvalue weighted by molar-refractivity contribution is 5.81. The Bertz CT molecular complexity index is 419. The highest BCUT2D eigenvalue weighted by atomic mass is 16.3. The smallest absolute Gasteiger partial charge is 0.239 e. The zero-order chi connectivity index (χ0) is 13.8. The Hall–Kier alpha value is -1.39. The minimum Gasteiger partial charge on any atom is -0.388 e. The van der Waals surface area contributed by atoms with Crippen molar-refractivity contribution in [2.24, 2.45) is 5.73 Å². The number of carbonyl (C=O) groups excluding carboxylic acids is 1. The third-order valence-electron chi connectivity index (χ3n) is 3.73. The molecule has 0 radical (unpaired) electrons. The maximum atomic E-state index is 12.0. The van der Waals surface area contributed by atoms with E-state index in [0.717, 1.165) is 24.9 Å². The van der Waals surface area contributed by atoms with E-state index in [4.69, 9.17) is 5.73 Å². The SMILES string of the molecule is C[C@H](N)C(=O)N1CCCC1CC(O)c1ccccc1. The van der Waals surface area contributed by atoms with Gasteiger partial charge in [-0.2, -0.15) is 0 Å². The Kier molecular flexibility index (Phi) is 4.56. The summed E-state index contributed by atoms with van der Waals surface area (Å²) >= 11 is 0. The first kappa shape index (κ1) is 14.0. The first-order valence-electron chi connectivity index (χ1n) is 6.88. The van der Waals surface area contributed by atoms with Crippen LogP contribution in [0.1, 0.15) is 37.9 Å².